The molecule has 0 aliphatic carbocycles. The Labute approximate surface area is 199 Å². The van der Waals surface area contributed by atoms with Crippen LogP contribution in [-0.4, -0.2) is 28.9 Å². The molecular weight excluding hydrogens is 434 g/mol. The average molecular weight is 460 g/mol. The van der Waals surface area contributed by atoms with E-state index in [-0.39, 0.29) is 17.6 Å². The number of hydrazone groups is 1. The number of halogens is 1. The number of hydrogen-bond acceptors (Lipinski definition) is 3. The molecule has 1 unspecified atom stereocenters. The van der Waals surface area contributed by atoms with Crippen LogP contribution in [0.1, 0.15) is 42.0 Å². The number of fused-ring (bicyclic) bond motifs is 1. The number of carbonyl (C=O) groups excluding carboxylic acids is 1. The summed E-state index contributed by atoms with van der Waals surface area (Å²) in [6, 6.07) is 21.5. The first-order valence-electron chi connectivity index (χ1n) is 11.1. The van der Waals surface area contributed by atoms with E-state index >= 15 is 0 Å². The molecule has 6 heteroatoms. The van der Waals surface area contributed by atoms with E-state index in [1.165, 1.54) is 10.6 Å². The van der Waals surface area contributed by atoms with Crippen LogP contribution in [0, 0.1) is 6.92 Å². The molecule has 5 rings (SSSR count). The second-order valence-corrected chi connectivity index (χ2v) is 9.77. The van der Waals surface area contributed by atoms with Crippen LogP contribution < -0.4 is 10.1 Å². The van der Waals surface area contributed by atoms with Crippen LogP contribution >= 0.6 is 11.6 Å². The van der Waals surface area contributed by atoms with E-state index in [0.29, 0.717) is 11.6 Å². The summed E-state index contributed by atoms with van der Waals surface area (Å²) in [5.41, 5.74) is 5.75. The number of carbonyl (C=O) groups is 1. The highest BCUT2D eigenvalue weighted by Crippen LogP contribution is 2.36. The second-order valence-electron chi connectivity index (χ2n) is 9.33. The van der Waals surface area contributed by atoms with E-state index in [4.69, 9.17) is 21.4 Å². The minimum absolute atomic E-state index is 0.0215. The Morgan fingerprint density at radius 2 is 1.82 bits per heavy atom. The van der Waals surface area contributed by atoms with Crippen molar-refractivity contribution in [2.75, 3.05) is 11.9 Å². The molecule has 0 bridgehead atoms. The van der Waals surface area contributed by atoms with Gasteiger partial charge >= 0.3 is 6.03 Å². The van der Waals surface area contributed by atoms with E-state index in [9.17, 15) is 4.79 Å². The topological polar surface area (TPSA) is 53.9 Å². The van der Waals surface area contributed by atoms with Gasteiger partial charge in [-0.05, 0) is 62.2 Å². The lowest BCUT2D eigenvalue weighted by molar-refractivity contribution is 0.138. The molecule has 0 saturated heterocycles. The number of benzene rings is 3. The van der Waals surface area contributed by atoms with Crippen LogP contribution in [-0.2, 0) is 6.42 Å². The first-order valence-corrected chi connectivity index (χ1v) is 11.5. The third-order valence-electron chi connectivity index (χ3n) is 6.08. The Morgan fingerprint density at radius 3 is 2.55 bits per heavy atom. The van der Waals surface area contributed by atoms with Crippen LogP contribution in [0.3, 0.4) is 0 Å². The first kappa shape index (κ1) is 21.5. The van der Waals surface area contributed by atoms with Gasteiger partial charge in [-0.2, -0.15) is 5.10 Å². The Kier molecular flexibility index (Phi) is 5.37. The zero-order valence-electron chi connectivity index (χ0n) is 18.9. The molecule has 0 radical (unpaired) electrons. The number of ether oxygens (including phenoxy) is 1. The monoisotopic (exact) mass is 459 g/mol. The zero-order chi connectivity index (χ0) is 23.2. The van der Waals surface area contributed by atoms with Gasteiger partial charge in [0.05, 0.1) is 12.3 Å². The van der Waals surface area contributed by atoms with Crippen LogP contribution in [0.2, 0.25) is 5.02 Å². The van der Waals surface area contributed by atoms with Gasteiger partial charge in [0.15, 0.2) is 0 Å². The molecule has 168 valence electrons. The largest absolute Gasteiger partial charge is 0.487 e. The Morgan fingerprint density at radius 1 is 1.09 bits per heavy atom. The summed E-state index contributed by atoms with van der Waals surface area (Å²) >= 11 is 6.09. The van der Waals surface area contributed by atoms with Gasteiger partial charge in [0.1, 0.15) is 11.4 Å². The number of nitrogens with zero attached hydrogens (tertiary/aromatic N) is 2. The Hall–Kier alpha value is -3.31. The molecule has 0 fully saturated rings. The predicted molar refractivity (Wildman–Crippen MR) is 132 cm³/mol. The third-order valence-corrected chi connectivity index (χ3v) is 6.33. The van der Waals surface area contributed by atoms with Crippen molar-refractivity contribution < 1.29 is 9.53 Å². The molecule has 3 aromatic rings. The fourth-order valence-corrected chi connectivity index (χ4v) is 4.57. The van der Waals surface area contributed by atoms with Gasteiger partial charge < -0.3 is 10.1 Å². The maximum Gasteiger partial charge on any atom is 0.342 e. The molecule has 2 amide bonds. The normalized spacial score (nSPS) is 18.5. The highest BCUT2D eigenvalue weighted by Gasteiger charge is 2.33. The summed E-state index contributed by atoms with van der Waals surface area (Å²) in [6.07, 6.45) is 0.810. The molecule has 3 aromatic carbocycles. The Balaban J connectivity index is 1.40. The van der Waals surface area contributed by atoms with Gasteiger partial charge in [0.2, 0.25) is 0 Å². The SMILES string of the molecule is Cc1ccc(C2CN(C(=O)Nc3ccc4c(c3)CC(C)(C)O4)N=C2c2ccc(Cl)cc2)cc1. The van der Waals surface area contributed by atoms with Crippen molar-refractivity contribution in [3.05, 3.63) is 94.0 Å². The van der Waals surface area contributed by atoms with Gasteiger partial charge in [-0.15, -0.1) is 0 Å². The van der Waals surface area contributed by atoms with E-state index in [1.54, 1.807) is 0 Å². The third kappa shape index (κ3) is 4.46. The van der Waals surface area contributed by atoms with Crippen molar-refractivity contribution >= 4 is 29.0 Å². The number of nitrogens with one attached hydrogen (secondary N) is 1. The second kappa shape index (κ2) is 8.23. The minimum Gasteiger partial charge on any atom is -0.487 e. The van der Waals surface area contributed by atoms with E-state index in [0.717, 1.165) is 40.3 Å². The molecule has 5 nitrogen and oxygen atoms in total. The highest BCUT2D eigenvalue weighted by atomic mass is 35.5. The van der Waals surface area contributed by atoms with Crippen molar-refractivity contribution in [3.63, 3.8) is 0 Å². The average Bonchev–Trinajstić information content (AvgIpc) is 3.34. The van der Waals surface area contributed by atoms with Gasteiger partial charge in [-0.3, -0.25) is 0 Å². The lowest BCUT2D eigenvalue weighted by atomic mass is 9.90. The number of urea groups is 1. The fraction of sp³-hybridized carbons (Fsp3) is 0.259. The standard InChI is InChI=1S/C27H26ClN3O2/c1-17-4-6-18(7-5-17)23-16-31(30-25(23)19-8-10-21(28)11-9-19)26(32)29-22-12-13-24-20(14-22)15-27(2,3)33-24/h4-14,23H,15-16H2,1-3H3,(H,29,32). The quantitative estimate of drug-likeness (QED) is 0.492. The molecule has 1 N–H and O–H groups in total. The lowest BCUT2D eigenvalue weighted by Gasteiger charge is -2.16. The number of amides is 2. The molecule has 0 spiro atoms. The number of aryl methyl sites for hydroxylation is 1. The van der Waals surface area contributed by atoms with Gasteiger partial charge in [0.25, 0.3) is 0 Å². The summed E-state index contributed by atoms with van der Waals surface area (Å²) < 4.78 is 5.94. The van der Waals surface area contributed by atoms with E-state index in [1.807, 2.05) is 42.5 Å². The fourth-order valence-electron chi connectivity index (χ4n) is 4.45. The van der Waals surface area contributed by atoms with Crippen molar-refractivity contribution in [1.29, 1.82) is 0 Å². The summed E-state index contributed by atoms with van der Waals surface area (Å²) in [6.45, 7) is 6.66. The van der Waals surface area contributed by atoms with Crippen LogP contribution in [0.15, 0.2) is 71.8 Å². The van der Waals surface area contributed by atoms with Crippen molar-refractivity contribution in [1.82, 2.24) is 5.01 Å². The van der Waals surface area contributed by atoms with E-state index in [2.05, 4.69) is 50.4 Å². The summed E-state index contributed by atoms with van der Waals surface area (Å²) in [5.74, 6) is 0.855. The lowest BCUT2D eigenvalue weighted by Crippen LogP contribution is -2.30. The Bertz CT molecular complexity index is 1230. The number of rotatable bonds is 3. The van der Waals surface area contributed by atoms with Crippen molar-refractivity contribution in [2.24, 2.45) is 5.10 Å². The van der Waals surface area contributed by atoms with Crippen LogP contribution in [0.25, 0.3) is 0 Å². The molecule has 2 heterocycles. The molecule has 1 atom stereocenters. The molecule has 0 aromatic heterocycles. The van der Waals surface area contributed by atoms with Gasteiger partial charge in [-0.1, -0.05) is 53.6 Å². The maximum atomic E-state index is 13.2. The zero-order valence-corrected chi connectivity index (χ0v) is 19.7. The summed E-state index contributed by atoms with van der Waals surface area (Å²) in [4.78, 5) is 13.2. The number of hydrogen-bond donors (Lipinski definition) is 1. The number of anilines is 1. The first-order chi connectivity index (χ1) is 15.8. The summed E-state index contributed by atoms with van der Waals surface area (Å²) in [5, 5.41) is 9.92. The predicted octanol–water partition coefficient (Wildman–Crippen LogP) is 6.40. The molecule has 2 aliphatic heterocycles. The summed E-state index contributed by atoms with van der Waals surface area (Å²) in [7, 11) is 0. The molecule has 0 saturated carbocycles. The van der Waals surface area contributed by atoms with Crippen molar-refractivity contribution in [2.45, 2.75) is 38.7 Å². The maximum absolute atomic E-state index is 13.2. The van der Waals surface area contributed by atoms with Crippen LogP contribution in [0.4, 0.5) is 10.5 Å². The molecular formula is C27H26ClN3O2. The molecule has 33 heavy (non-hydrogen) atoms. The highest BCUT2D eigenvalue weighted by molar-refractivity contribution is 6.30. The van der Waals surface area contributed by atoms with E-state index < -0.39 is 0 Å². The van der Waals surface area contributed by atoms with Gasteiger partial charge in [-0.25, -0.2) is 9.80 Å². The van der Waals surface area contributed by atoms with Gasteiger partial charge in [0, 0.05) is 28.6 Å². The minimum atomic E-state index is -0.255. The smallest absolute Gasteiger partial charge is 0.342 e. The molecule has 2 aliphatic rings. The van der Waals surface area contributed by atoms with Crippen molar-refractivity contribution in [3.8, 4) is 5.75 Å². The van der Waals surface area contributed by atoms with Crippen LogP contribution in [0.5, 0.6) is 5.75 Å².